The van der Waals surface area contributed by atoms with E-state index in [2.05, 4.69) is 19.9 Å². The summed E-state index contributed by atoms with van der Waals surface area (Å²) in [6.45, 7) is 3.54. The van der Waals surface area contributed by atoms with Crippen LogP contribution in [0.5, 0.6) is 0 Å². The van der Waals surface area contributed by atoms with Crippen LogP contribution in [0.25, 0.3) is 22.4 Å². The monoisotopic (exact) mass is 306 g/mol. The molecule has 21 heavy (non-hydrogen) atoms. The summed E-state index contributed by atoms with van der Waals surface area (Å²) in [5.74, 6) is -1.20. The number of hydrogen-bond acceptors (Lipinski definition) is 4. The van der Waals surface area contributed by atoms with Crippen molar-refractivity contribution in [2.45, 2.75) is 13.8 Å². The van der Waals surface area contributed by atoms with E-state index < -0.39 is 11.6 Å². The molecule has 0 amide bonds. The number of benzene rings is 1. The highest BCUT2D eigenvalue weighted by Crippen LogP contribution is 2.28. The molecule has 7 heteroatoms. The van der Waals surface area contributed by atoms with E-state index in [1.807, 2.05) is 0 Å². The molecule has 106 valence electrons. The van der Waals surface area contributed by atoms with Crippen LogP contribution < -0.4 is 0 Å². The van der Waals surface area contributed by atoms with Crippen LogP contribution in [0, 0.1) is 25.5 Å². The van der Waals surface area contributed by atoms with Gasteiger partial charge in [0.25, 0.3) is 0 Å². The van der Waals surface area contributed by atoms with Gasteiger partial charge in [-0.05, 0) is 43.6 Å². The smallest absolute Gasteiger partial charge is 0.225 e. The molecule has 3 aromatic rings. The lowest BCUT2D eigenvalue weighted by atomic mass is 10.1. The van der Waals surface area contributed by atoms with Crippen molar-refractivity contribution in [2.24, 2.45) is 0 Å². The van der Waals surface area contributed by atoms with Crippen LogP contribution >= 0.6 is 11.6 Å². The zero-order valence-corrected chi connectivity index (χ0v) is 11.9. The van der Waals surface area contributed by atoms with Crippen molar-refractivity contribution in [3.63, 3.8) is 0 Å². The Kier molecular flexibility index (Phi) is 3.25. The first-order valence-electron chi connectivity index (χ1n) is 6.09. The molecule has 0 N–H and O–H groups in total. The maximum Gasteiger partial charge on any atom is 0.225 e. The number of fused-ring (bicyclic) bond motifs is 1. The molecule has 0 fully saturated rings. The fourth-order valence-electron chi connectivity index (χ4n) is 1.95. The summed E-state index contributed by atoms with van der Waals surface area (Å²) in [7, 11) is 0. The second kappa shape index (κ2) is 4.96. The van der Waals surface area contributed by atoms with Crippen LogP contribution in [-0.2, 0) is 0 Å². The van der Waals surface area contributed by atoms with E-state index in [-0.39, 0.29) is 27.7 Å². The van der Waals surface area contributed by atoms with Gasteiger partial charge in [-0.15, -0.1) is 0 Å². The number of halogens is 3. The molecule has 4 nitrogen and oxygen atoms in total. The summed E-state index contributed by atoms with van der Waals surface area (Å²) in [4.78, 5) is 16.6. The molecule has 0 radical (unpaired) electrons. The summed E-state index contributed by atoms with van der Waals surface area (Å²) in [6, 6.07) is 3.11. The number of hydrogen-bond donors (Lipinski definition) is 0. The first kappa shape index (κ1) is 13.8. The Hall–Kier alpha value is -2.21. The molecule has 0 aliphatic carbocycles. The molecular weight excluding hydrogens is 298 g/mol. The Morgan fingerprint density at radius 1 is 0.952 bits per heavy atom. The molecule has 0 bridgehead atoms. The van der Waals surface area contributed by atoms with Gasteiger partial charge in [0.1, 0.15) is 22.8 Å². The van der Waals surface area contributed by atoms with E-state index in [4.69, 9.17) is 11.6 Å². The van der Waals surface area contributed by atoms with Crippen molar-refractivity contribution in [1.29, 1.82) is 0 Å². The van der Waals surface area contributed by atoms with Gasteiger partial charge in [0.05, 0.1) is 11.4 Å². The lowest BCUT2D eigenvalue weighted by molar-refractivity contribution is 0.602. The summed E-state index contributed by atoms with van der Waals surface area (Å²) in [5.41, 5.74) is 1.97. The third kappa shape index (κ3) is 2.42. The minimum Gasteiger partial charge on any atom is -0.246 e. The molecule has 0 saturated carbocycles. The summed E-state index contributed by atoms with van der Waals surface area (Å²) < 4.78 is 27.4. The maximum absolute atomic E-state index is 14.0. The number of rotatable bonds is 1. The quantitative estimate of drug-likeness (QED) is 0.644. The van der Waals surface area contributed by atoms with Gasteiger partial charge in [-0.2, -0.15) is 4.98 Å². The predicted molar refractivity (Wildman–Crippen MR) is 75.0 cm³/mol. The van der Waals surface area contributed by atoms with Crippen LogP contribution in [0.3, 0.4) is 0 Å². The van der Waals surface area contributed by atoms with Crippen LogP contribution in [0.15, 0.2) is 18.2 Å². The van der Waals surface area contributed by atoms with Gasteiger partial charge in [-0.1, -0.05) is 0 Å². The lowest BCUT2D eigenvalue weighted by Gasteiger charge is -2.08. The van der Waals surface area contributed by atoms with Crippen molar-refractivity contribution >= 4 is 22.8 Å². The van der Waals surface area contributed by atoms with Gasteiger partial charge < -0.3 is 0 Å². The zero-order chi connectivity index (χ0) is 15.1. The van der Waals surface area contributed by atoms with Crippen molar-refractivity contribution < 1.29 is 8.78 Å². The Balaban J connectivity index is 2.41. The summed E-state index contributed by atoms with van der Waals surface area (Å²) in [5, 5.41) is -0.0984. The van der Waals surface area contributed by atoms with Crippen LogP contribution in [0.4, 0.5) is 8.78 Å². The van der Waals surface area contributed by atoms with Crippen LogP contribution in [0.1, 0.15) is 11.4 Å². The van der Waals surface area contributed by atoms with Gasteiger partial charge in [0.15, 0.2) is 5.65 Å². The van der Waals surface area contributed by atoms with Crippen LogP contribution in [-0.4, -0.2) is 19.9 Å². The highest BCUT2D eigenvalue weighted by atomic mass is 35.5. The maximum atomic E-state index is 14.0. The van der Waals surface area contributed by atoms with Crippen molar-refractivity contribution in [1.82, 2.24) is 19.9 Å². The van der Waals surface area contributed by atoms with Gasteiger partial charge in [0.2, 0.25) is 5.28 Å². The zero-order valence-electron chi connectivity index (χ0n) is 11.2. The largest absolute Gasteiger partial charge is 0.246 e. The summed E-state index contributed by atoms with van der Waals surface area (Å²) in [6.07, 6.45) is 0. The second-order valence-corrected chi connectivity index (χ2v) is 4.87. The normalized spacial score (nSPS) is 11.1. The Morgan fingerprint density at radius 3 is 2.43 bits per heavy atom. The van der Waals surface area contributed by atoms with Gasteiger partial charge in [0, 0.05) is 5.56 Å². The van der Waals surface area contributed by atoms with Gasteiger partial charge in [-0.3, -0.25) is 0 Å². The SMILES string of the molecule is Cc1nc2nc(Cl)nc(-c3cc(F)ccc3F)c2nc1C. The van der Waals surface area contributed by atoms with E-state index in [1.54, 1.807) is 13.8 Å². The van der Waals surface area contributed by atoms with E-state index in [9.17, 15) is 8.78 Å². The highest BCUT2D eigenvalue weighted by Gasteiger charge is 2.16. The van der Waals surface area contributed by atoms with Crippen molar-refractivity contribution in [3.05, 3.63) is 46.5 Å². The minimum atomic E-state index is -0.618. The predicted octanol–water partition coefficient (Wildman–Crippen LogP) is 3.64. The van der Waals surface area contributed by atoms with E-state index in [0.29, 0.717) is 11.4 Å². The second-order valence-electron chi connectivity index (χ2n) is 4.53. The van der Waals surface area contributed by atoms with E-state index in [1.165, 1.54) is 0 Å². The first-order chi connectivity index (χ1) is 9.95. The van der Waals surface area contributed by atoms with E-state index >= 15 is 0 Å². The minimum absolute atomic E-state index is 0.0261. The molecule has 0 spiro atoms. The molecule has 1 aromatic carbocycles. The molecule has 2 aromatic heterocycles. The lowest BCUT2D eigenvalue weighted by Crippen LogP contribution is -2.01. The molecule has 3 rings (SSSR count). The molecule has 0 saturated heterocycles. The molecule has 0 unspecified atom stereocenters. The average molecular weight is 307 g/mol. The first-order valence-corrected chi connectivity index (χ1v) is 6.47. The fraction of sp³-hybridized carbons (Fsp3) is 0.143. The Morgan fingerprint density at radius 2 is 1.67 bits per heavy atom. The molecule has 0 aliphatic rings. The molecule has 0 atom stereocenters. The molecule has 2 heterocycles. The third-order valence-electron chi connectivity index (χ3n) is 3.10. The van der Waals surface area contributed by atoms with E-state index in [0.717, 1.165) is 18.2 Å². The van der Waals surface area contributed by atoms with Crippen molar-refractivity contribution in [2.75, 3.05) is 0 Å². The van der Waals surface area contributed by atoms with Crippen LogP contribution in [0.2, 0.25) is 5.28 Å². The number of aryl methyl sites for hydroxylation is 2. The molecular formula is C14H9ClF2N4. The topological polar surface area (TPSA) is 51.6 Å². The highest BCUT2D eigenvalue weighted by molar-refractivity contribution is 6.28. The number of nitrogens with zero attached hydrogens (tertiary/aromatic N) is 4. The van der Waals surface area contributed by atoms with Gasteiger partial charge in [-0.25, -0.2) is 23.7 Å². The van der Waals surface area contributed by atoms with Crippen molar-refractivity contribution in [3.8, 4) is 11.3 Å². The third-order valence-corrected chi connectivity index (χ3v) is 3.27. The Bertz CT molecular complexity index is 867. The fourth-order valence-corrected chi connectivity index (χ4v) is 2.12. The standard InChI is InChI=1S/C14H9ClF2N4/c1-6-7(2)19-13-12(18-6)11(20-14(15)21-13)9-5-8(16)3-4-10(9)17/h3-5H,1-2H3. The average Bonchev–Trinajstić information content (AvgIpc) is 2.43. The van der Waals surface area contributed by atoms with Gasteiger partial charge >= 0.3 is 0 Å². The Labute approximate surface area is 123 Å². The molecule has 0 aliphatic heterocycles. The number of aromatic nitrogens is 4. The summed E-state index contributed by atoms with van der Waals surface area (Å²) >= 11 is 5.85.